The van der Waals surface area contributed by atoms with Crippen molar-refractivity contribution in [3.63, 3.8) is 0 Å². The van der Waals surface area contributed by atoms with E-state index in [0.717, 1.165) is 0 Å². The zero-order chi connectivity index (χ0) is 17.0. The molecule has 0 radical (unpaired) electrons. The SMILES string of the molecule is CC(=O)N[C@H](C(=O)C(O)(CC(=O)[O-])C[N+](C)(C)C)C(C)C. The van der Waals surface area contributed by atoms with Crippen molar-refractivity contribution in [2.75, 3.05) is 27.7 Å². The van der Waals surface area contributed by atoms with Gasteiger partial charge < -0.3 is 24.8 Å². The number of hydrogen-bond acceptors (Lipinski definition) is 5. The fraction of sp³-hybridized carbons (Fsp3) is 0.786. The number of carboxylic acids is 1. The number of carbonyl (C=O) groups is 3. The van der Waals surface area contributed by atoms with E-state index in [9.17, 15) is 24.6 Å². The van der Waals surface area contributed by atoms with E-state index in [4.69, 9.17) is 0 Å². The minimum Gasteiger partial charge on any atom is -0.550 e. The highest BCUT2D eigenvalue weighted by Gasteiger charge is 2.45. The lowest BCUT2D eigenvalue weighted by Gasteiger charge is -2.37. The molecule has 2 N–H and O–H groups in total. The van der Waals surface area contributed by atoms with Gasteiger partial charge in [-0.3, -0.25) is 9.59 Å². The molecule has 1 unspecified atom stereocenters. The maximum absolute atomic E-state index is 12.6. The van der Waals surface area contributed by atoms with Crippen molar-refractivity contribution in [3.8, 4) is 0 Å². The van der Waals surface area contributed by atoms with E-state index < -0.39 is 35.7 Å². The number of rotatable bonds is 8. The van der Waals surface area contributed by atoms with Crippen LogP contribution in [0.25, 0.3) is 0 Å². The van der Waals surface area contributed by atoms with Crippen LogP contribution in [-0.2, 0) is 14.4 Å². The lowest BCUT2D eigenvalue weighted by Crippen LogP contribution is -2.61. The second-order valence-corrected chi connectivity index (χ2v) is 6.82. The summed E-state index contributed by atoms with van der Waals surface area (Å²) in [4.78, 5) is 34.7. The molecule has 2 atom stereocenters. The third-order valence-electron chi connectivity index (χ3n) is 2.94. The summed E-state index contributed by atoms with van der Waals surface area (Å²) in [5.41, 5.74) is -2.09. The van der Waals surface area contributed by atoms with E-state index in [0.29, 0.717) is 0 Å². The summed E-state index contributed by atoms with van der Waals surface area (Å²) >= 11 is 0. The lowest BCUT2D eigenvalue weighted by atomic mass is 9.84. The summed E-state index contributed by atoms with van der Waals surface area (Å²) in [5, 5.41) is 24.0. The molecule has 0 aliphatic heterocycles. The van der Waals surface area contributed by atoms with Gasteiger partial charge in [-0.25, -0.2) is 0 Å². The fourth-order valence-electron chi connectivity index (χ4n) is 2.29. The Morgan fingerprint density at radius 2 is 1.71 bits per heavy atom. The van der Waals surface area contributed by atoms with Gasteiger partial charge in [0, 0.05) is 19.3 Å². The molecule has 0 heterocycles. The van der Waals surface area contributed by atoms with E-state index in [1.165, 1.54) is 6.92 Å². The standard InChI is InChI=1S/C14H26N2O5/c1-9(2)12(15-10(3)17)13(20)14(21,7-11(18)19)8-16(4,5)6/h9,12,21H,7-8H2,1-6H3,(H-,15,17,18,19)/t12-,14?/m0/s1. The molecule has 0 spiro atoms. The Hall–Kier alpha value is -1.47. The number of hydrogen-bond donors (Lipinski definition) is 2. The van der Waals surface area contributed by atoms with Crippen molar-refractivity contribution in [3.05, 3.63) is 0 Å². The molecule has 0 aliphatic rings. The molecule has 122 valence electrons. The lowest BCUT2D eigenvalue weighted by molar-refractivity contribution is -0.875. The monoisotopic (exact) mass is 302 g/mol. The number of carbonyl (C=O) groups excluding carboxylic acids is 3. The number of quaternary nitrogens is 1. The normalized spacial score (nSPS) is 16.2. The summed E-state index contributed by atoms with van der Waals surface area (Å²) in [5.74, 6) is -2.90. The average molecular weight is 302 g/mol. The molecule has 7 nitrogen and oxygen atoms in total. The number of nitrogens with one attached hydrogen (secondary N) is 1. The van der Waals surface area contributed by atoms with Crippen LogP contribution in [0.1, 0.15) is 27.2 Å². The highest BCUT2D eigenvalue weighted by Crippen LogP contribution is 2.20. The topological polar surface area (TPSA) is 107 Å². The van der Waals surface area contributed by atoms with E-state index in [1.807, 2.05) is 0 Å². The Balaban J connectivity index is 5.52. The summed E-state index contributed by atoms with van der Waals surface area (Å²) in [6.07, 6.45) is -0.801. The first-order valence-corrected chi connectivity index (χ1v) is 6.82. The smallest absolute Gasteiger partial charge is 0.217 e. The van der Waals surface area contributed by atoms with Gasteiger partial charge in [0.2, 0.25) is 5.91 Å². The Kier molecular flexibility index (Phi) is 6.51. The van der Waals surface area contributed by atoms with Crippen molar-refractivity contribution in [2.45, 2.75) is 38.8 Å². The zero-order valence-electron chi connectivity index (χ0n) is 13.6. The van der Waals surface area contributed by atoms with Crippen LogP contribution < -0.4 is 10.4 Å². The molecule has 0 aromatic rings. The van der Waals surface area contributed by atoms with Gasteiger partial charge in [0.15, 0.2) is 11.4 Å². The number of aliphatic carboxylic acids is 1. The van der Waals surface area contributed by atoms with Gasteiger partial charge in [-0.05, 0) is 5.92 Å². The van der Waals surface area contributed by atoms with Gasteiger partial charge in [0.1, 0.15) is 6.54 Å². The second kappa shape index (κ2) is 7.00. The van der Waals surface area contributed by atoms with Crippen LogP contribution >= 0.6 is 0 Å². The van der Waals surface area contributed by atoms with Gasteiger partial charge >= 0.3 is 0 Å². The molecule has 0 aromatic carbocycles. The molecule has 21 heavy (non-hydrogen) atoms. The van der Waals surface area contributed by atoms with E-state index in [-0.39, 0.29) is 16.9 Å². The first-order valence-electron chi connectivity index (χ1n) is 6.82. The van der Waals surface area contributed by atoms with Gasteiger partial charge in [0.25, 0.3) is 0 Å². The van der Waals surface area contributed by atoms with Gasteiger partial charge in [0.05, 0.1) is 27.2 Å². The Bertz CT molecular complexity index is 414. The van der Waals surface area contributed by atoms with Crippen molar-refractivity contribution >= 4 is 17.7 Å². The molecule has 0 fully saturated rings. The van der Waals surface area contributed by atoms with Gasteiger partial charge in [-0.15, -0.1) is 0 Å². The predicted octanol–water partition coefficient (Wildman–Crippen LogP) is -1.71. The third-order valence-corrected chi connectivity index (χ3v) is 2.94. The van der Waals surface area contributed by atoms with Crippen molar-refractivity contribution < 1.29 is 29.1 Å². The Morgan fingerprint density at radius 3 is 2.00 bits per heavy atom. The number of aliphatic hydroxyl groups is 1. The van der Waals surface area contributed by atoms with E-state index >= 15 is 0 Å². The van der Waals surface area contributed by atoms with E-state index in [1.54, 1.807) is 35.0 Å². The molecule has 0 aromatic heterocycles. The summed E-state index contributed by atoms with van der Waals surface area (Å²) < 4.78 is 0.195. The maximum atomic E-state index is 12.6. The minimum absolute atomic E-state index is 0.0946. The zero-order valence-corrected chi connectivity index (χ0v) is 13.6. The number of amides is 1. The highest BCUT2D eigenvalue weighted by molar-refractivity contribution is 5.97. The predicted molar refractivity (Wildman–Crippen MR) is 74.9 cm³/mol. The van der Waals surface area contributed by atoms with Crippen LogP contribution in [0.4, 0.5) is 0 Å². The fourth-order valence-corrected chi connectivity index (χ4v) is 2.29. The minimum atomic E-state index is -2.09. The molecule has 0 rings (SSSR count). The average Bonchev–Trinajstić information content (AvgIpc) is 2.20. The first kappa shape index (κ1) is 19.5. The molecule has 0 bridgehead atoms. The van der Waals surface area contributed by atoms with Crippen LogP contribution in [0, 0.1) is 5.92 Å². The number of carboxylic acid groups (broad SMARTS) is 1. The Labute approximate surface area is 125 Å². The number of Topliss-reactive ketones (excluding diaryl/α,β-unsaturated/α-hetero) is 1. The van der Waals surface area contributed by atoms with Crippen LogP contribution in [0.15, 0.2) is 0 Å². The summed E-state index contributed by atoms with van der Waals surface area (Å²) in [6, 6.07) is -0.946. The maximum Gasteiger partial charge on any atom is 0.217 e. The van der Waals surface area contributed by atoms with Crippen molar-refractivity contribution in [1.82, 2.24) is 5.32 Å². The molecule has 1 amide bonds. The van der Waals surface area contributed by atoms with Crippen molar-refractivity contribution in [1.29, 1.82) is 0 Å². The number of likely N-dealkylation sites (N-methyl/N-ethyl adjacent to an activating group) is 1. The molecule has 0 aliphatic carbocycles. The molecular weight excluding hydrogens is 276 g/mol. The number of ketones is 1. The number of nitrogens with zero attached hydrogens (tertiary/aromatic N) is 1. The van der Waals surface area contributed by atoms with E-state index in [2.05, 4.69) is 5.32 Å². The Morgan fingerprint density at radius 1 is 1.24 bits per heavy atom. The molecule has 0 saturated heterocycles. The van der Waals surface area contributed by atoms with Crippen LogP contribution in [0.2, 0.25) is 0 Å². The second-order valence-electron chi connectivity index (χ2n) is 6.82. The first-order chi connectivity index (χ1) is 9.28. The van der Waals surface area contributed by atoms with Crippen molar-refractivity contribution in [2.24, 2.45) is 5.92 Å². The van der Waals surface area contributed by atoms with Crippen LogP contribution in [0.3, 0.4) is 0 Å². The molecule has 0 saturated carbocycles. The quantitative estimate of drug-likeness (QED) is 0.519. The molecular formula is C14H26N2O5. The summed E-state index contributed by atoms with van der Waals surface area (Å²) in [6.45, 7) is 4.59. The molecule has 7 heteroatoms. The highest BCUT2D eigenvalue weighted by atomic mass is 16.4. The van der Waals surface area contributed by atoms with Crippen LogP contribution in [-0.4, -0.2) is 66.6 Å². The summed E-state index contributed by atoms with van der Waals surface area (Å²) in [7, 11) is 5.20. The van der Waals surface area contributed by atoms with Gasteiger partial charge in [-0.2, -0.15) is 0 Å². The van der Waals surface area contributed by atoms with Crippen LogP contribution in [0.5, 0.6) is 0 Å². The third kappa shape index (κ3) is 6.68. The largest absolute Gasteiger partial charge is 0.550 e. The van der Waals surface area contributed by atoms with Gasteiger partial charge in [-0.1, -0.05) is 13.8 Å².